The molecule has 0 saturated carbocycles. The minimum atomic E-state index is -0.403. The third-order valence-electron chi connectivity index (χ3n) is 4.36. The molecule has 2 rings (SSSR count). The predicted octanol–water partition coefficient (Wildman–Crippen LogP) is 4.03. The van der Waals surface area contributed by atoms with Crippen LogP contribution in [-0.2, 0) is 0 Å². The fraction of sp³-hybridized carbons (Fsp3) is 0.588. The molecule has 1 aliphatic rings. The summed E-state index contributed by atoms with van der Waals surface area (Å²) in [6.07, 6.45) is 3.21. The summed E-state index contributed by atoms with van der Waals surface area (Å²) in [5.74, 6) is 0.767. The molecule has 1 amide bonds. The molecule has 1 aromatic rings. The van der Waals surface area contributed by atoms with E-state index in [-0.39, 0.29) is 11.5 Å². The van der Waals surface area contributed by atoms with Crippen LogP contribution >= 0.6 is 0 Å². The Kier molecular flexibility index (Phi) is 4.79. The molecular weight excluding hydrogens is 253 g/mol. The largest absolute Gasteiger partial charge is 0.339 e. The smallest absolute Gasteiger partial charge is 0.256 e. The van der Waals surface area contributed by atoms with Gasteiger partial charge in [0.25, 0.3) is 5.91 Å². The van der Waals surface area contributed by atoms with Crippen molar-refractivity contribution >= 4 is 5.91 Å². The topological polar surface area (TPSA) is 20.3 Å². The van der Waals surface area contributed by atoms with E-state index in [1.54, 1.807) is 12.1 Å². The van der Waals surface area contributed by atoms with Crippen LogP contribution in [0.3, 0.4) is 0 Å². The van der Waals surface area contributed by atoms with E-state index >= 15 is 0 Å². The van der Waals surface area contributed by atoms with Gasteiger partial charge < -0.3 is 4.90 Å². The number of aryl methyl sites for hydroxylation is 1. The lowest BCUT2D eigenvalue weighted by Gasteiger charge is -2.22. The summed E-state index contributed by atoms with van der Waals surface area (Å²) in [6.45, 7) is 7.80. The molecule has 0 spiro atoms. The van der Waals surface area contributed by atoms with Crippen molar-refractivity contribution in [2.75, 3.05) is 13.1 Å². The van der Waals surface area contributed by atoms with E-state index < -0.39 is 5.82 Å². The summed E-state index contributed by atoms with van der Waals surface area (Å²) in [7, 11) is 0. The maximum Gasteiger partial charge on any atom is 0.256 e. The van der Waals surface area contributed by atoms with Gasteiger partial charge in [0.05, 0.1) is 5.56 Å². The number of benzene rings is 1. The van der Waals surface area contributed by atoms with Gasteiger partial charge in [0.15, 0.2) is 0 Å². The number of likely N-dealkylation sites (tertiary alicyclic amines) is 1. The molecule has 1 saturated heterocycles. The van der Waals surface area contributed by atoms with Gasteiger partial charge in [0, 0.05) is 13.1 Å². The van der Waals surface area contributed by atoms with Crippen LogP contribution in [0, 0.1) is 24.6 Å². The monoisotopic (exact) mass is 277 g/mol. The van der Waals surface area contributed by atoms with Crippen LogP contribution in [0.15, 0.2) is 18.2 Å². The Hall–Kier alpha value is -1.38. The van der Waals surface area contributed by atoms with E-state index in [4.69, 9.17) is 0 Å². The van der Waals surface area contributed by atoms with Gasteiger partial charge in [-0.2, -0.15) is 0 Å². The molecule has 1 heterocycles. The quantitative estimate of drug-likeness (QED) is 0.799. The SMILES string of the molecule is Cc1ccc(C(=O)N2CCCC(C(C)C)CC2)c(F)c1. The van der Waals surface area contributed by atoms with Gasteiger partial charge in [-0.15, -0.1) is 0 Å². The highest BCUT2D eigenvalue weighted by atomic mass is 19.1. The number of carbonyl (C=O) groups excluding carboxylic acids is 1. The van der Waals surface area contributed by atoms with Crippen molar-refractivity contribution in [2.24, 2.45) is 11.8 Å². The molecule has 3 heteroatoms. The summed E-state index contributed by atoms with van der Waals surface area (Å²) in [5.41, 5.74) is 1.05. The Labute approximate surface area is 121 Å². The van der Waals surface area contributed by atoms with Crippen LogP contribution in [-0.4, -0.2) is 23.9 Å². The normalized spacial score (nSPS) is 20.1. The first-order valence-corrected chi connectivity index (χ1v) is 7.54. The molecule has 1 aliphatic heterocycles. The van der Waals surface area contributed by atoms with E-state index in [1.165, 1.54) is 6.07 Å². The second-order valence-electron chi connectivity index (χ2n) is 6.21. The Morgan fingerprint density at radius 3 is 2.70 bits per heavy atom. The summed E-state index contributed by atoms with van der Waals surface area (Å²) in [6, 6.07) is 4.84. The number of amides is 1. The highest BCUT2D eigenvalue weighted by Gasteiger charge is 2.24. The minimum absolute atomic E-state index is 0.160. The summed E-state index contributed by atoms with van der Waals surface area (Å²) in [5, 5.41) is 0. The van der Waals surface area contributed by atoms with E-state index in [0.717, 1.165) is 37.9 Å². The van der Waals surface area contributed by atoms with Gasteiger partial charge in [-0.1, -0.05) is 19.9 Å². The van der Waals surface area contributed by atoms with Crippen molar-refractivity contribution < 1.29 is 9.18 Å². The van der Waals surface area contributed by atoms with Gasteiger partial charge >= 0.3 is 0 Å². The lowest BCUT2D eigenvalue weighted by molar-refractivity contribution is 0.0754. The molecule has 1 atom stereocenters. The molecule has 1 aromatic carbocycles. The Balaban J connectivity index is 2.09. The molecule has 0 radical (unpaired) electrons. The van der Waals surface area contributed by atoms with Crippen molar-refractivity contribution in [1.29, 1.82) is 0 Å². The number of rotatable bonds is 2. The minimum Gasteiger partial charge on any atom is -0.339 e. The van der Waals surface area contributed by atoms with Crippen LogP contribution in [0.4, 0.5) is 4.39 Å². The van der Waals surface area contributed by atoms with Crippen molar-refractivity contribution in [3.8, 4) is 0 Å². The summed E-state index contributed by atoms with van der Waals surface area (Å²) in [4.78, 5) is 14.3. The fourth-order valence-corrected chi connectivity index (χ4v) is 2.96. The molecule has 0 bridgehead atoms. The Morgan fingerprint density at radius 1 is 1.30 bits per heavy atom. The van der Waals surface area contributed by atoms with Crippen LogP contribution in [0.25, 0.3) is 0 Å². The van der Waals surface area contributed by atoms with Crippen LogP contribution in [0.5, 0.6) is 0 Å². The molecule has 20 heavy (non-hydrogen) atoms. The van der Waals surface area contributed by atoms with Crippen LogP contribution in [0.2, 0.25) is 0 Å². The summed E-state index contributed by atoms with van der Waals surface area (Å²) < 4.78 is 13.9. The highest BCUT2D eigenvalue weighted by molar-refractivity contribution is 5.94. The fourth-order valence-electron chi connectivity index (χ4n) is 2.96. The maximum absolute atomic E-state index is 13.9. The van der Waals surface area contributed by atoms with E-state index in [9.17, 15) is 9.18 Å². The van der Waals surface area contributed by atoms with Gasteiger partial charge in [-0.3, -0.25) is 4.79 Å². The summed E-state index contributed by atoms with van der Waals surface area (Å²) >= 11 is 0. The maximum atomic E-state index is 13.9. The zero-order valence-corrected chi connectivity index (χ0v) is 12.7. The van der Waals surface area contributed by atoms with Crippen molar-refractivity contribution in [3.63, 3.8) is 0 Å². The molecule has 0 aliphatic carbocycles. The van der Waals surface area contributed by atoms with Crippen LogP contribution in [0.1, 0.15) is 49.0 Å². The number of hydrogen-bond acceptors (Lipinski definition) is 1. The van der Waals surface area contributed by atoms with Crippen molar-refractivity contribution in [1.82, 2.24) is 4.90 Å². The average Bonchev–Trinajstić information content (AvgIpc) is 2.63. The van der Waals surface area contributed by atoms with Gasteiger partial charge in [-0.25, -0.2) is 4.39 Å². The number of nitrogens with zero attached hydrogens (tertiary/aromatic N) is 1. The van der Waals surface area contributed by atoms with Crippen LogP contribution < -0.4 is 0 Å². The van der Waals surface area contributed by atoms with Gasteiger partial charge in [-0.05, 0) is 55.7 Å². The van der Waals surface area contributed by atoms with E-state index in [2.05, 4.69) is 13.8 Å². The Morgan fingerprint density at radius 2 is 2.05 bits per heavy atom. The lowest BCUT2D eigenvalue weighted by Crippen LogP contribution is -2.32. The molecule has 0 N–H and O–H groups in total. The third kappa shape index (κ3) is 3.38. The first-order valence-electron chi connectivity index (χ1n) is 7.54. The molecular formula is C17H24FNO. The van der Waals surface area contributed by atoms with Gasteiger partial charge in [0.2, 0.25) is 0 Å². The Bertz CT molecular complexity index is 484. The first kappa shape index (κ1) is 15.0. The third-order valence-corrected chi connectivity index (χ3v) is 4.36. The van der Waals surface area contributed by atoms with Crippen molar-refractivity contribution in [2.45, 2.75) is 40.0 Å². The molecule has 2 nitrogen and oxygen atoms in total. The average molecular weight is 277 g/mol. The zero-order valence-electron chi connectivity index (χ0n) is 12.7. The van der Waals surface area contributed by atoms with Crippen molar-refractivity contribution in [3.05, 3.63) is 35.1 Å². The lowest BCUT2D eigenvalue weighted by atomic mass is 9.89. The molecule has 0 aromatic heterocycles. The van der Waals surface area contributed by atoms with E-state index in [1.807, 2.05) is 11.8 Å². The molecule has 1 unspecified atom stereocenters. The first-order chi connectivity index (χ1) is 9.49. The molecule has 110 valence electrons. The molecule has 1 fully saturated rings. The van der Waals surface area contributed by atoms with E-state index in [0.29, 0.717) is 11.8 Å². The number of halogens is 1. The predicted molar refractivity (Wildman–Crippen MR) is 79.2 cm³/mol. The zero-order chi connectivity index (χ0) is 14.7. The number of carbonyl (C=O) groups is 1. The number of hydrogen-bond donors (Lipinski definition) is 0. The highest BCUT2D eigenvalue weighted by Crippen LogP contribution is 2.25. The van der Waals surface area contributed by atoms with Gasteiger partial charge in [0.1, 0.15) is 5.82 Å². The second kappa shape index (κ2) is 6.38. The standard InChI is InChI=1S/C17H24FNO/c1-12(2)14-5-4-9-19(10-8-14)17(20)15-7-6-13(3)11-16(15)18/h6-7,11-12,14H,4-5,8-10H2,1-3H3. The second-order valence-corrected chi connectivity index (χ2v) is 6.21.